The first-order valence-electron chi connectivity index (χ1n) is 9.57. The van der Waals surface area contributed by atoms with Crippen molar-refractivity contribution in [3.8, 4) is 0 Å². The third kappa shape index (κ3) is 3.27. The van der Waals surface area contributed by atoms with Crippen LogP contribution in [0.2, 0.25) is 0 Å². The monoisotopic (exact) mass is 386 g/mol. The molecule has 0 saturated carbocycles. The van der Waals surface area contributed by atoms with Crippen LogP contribution >= 0.6 is 11.3 Å². The third-order valence-electron chi connectivity index (χ3n) is 5.38. The molecule has 0 bridgehead atoms. The average molecular weight is 387 g/mol. The highest BCUT2D eigenvalue weighted by Crippen LogP contribution is 2.21. The van der Waals surface area contributed by atoms with Gasteiger partial charge in [-0.1, -0.05) is 0 Å². The molecular weight excluding hydrogens is 360 g/mol. The maximum atomic E-state index is 12.9. The highest BCUT2D eigenvalue weighted by atomic mass is 32.1. The van der Waals surface area contributed by atoms with E-state index in [9.17, 15) is 4.79 Å². The zero-order valence-corrected chi connectivity index (χ0v) is 17.0. The van der Waals surface area contributed by atoms with Crippen molar-refractivity contribution in [2.45, 2.75) is 53.2 Å². The SMILES string of the molecule is CCn1nc(C)c(CNCc2c(C(=O)N3CCCC3)nc3sccn23)c1C. The molecular formula is C19H26N6OS. The number of rotatable bonds is 6. The quantitative estimate of drug-likeness (QED) is 0.707. The van der Waals surface area contributed by atoms with Crippen LogP contribution < -0.4 is 5.32 Å². The van der Waals surface area contributed by atoms with Crippen LogP contribution in [0, 0.1) is 13.8 Å². The summed E-state index contributed by atoms with van der Waals surface area (Å²) in [5.74, 6) is 0.0614. The van der Waals surface area contributed by atoms with E-state index in [1.807, 2.05) is 25.6 Å². The third-order valence-corrected chi connectivity index (χ3v) is 6.14. The first kappa shape index (κ1) is 18.2. The minimum absolute atomic E-state index is 0.0614. The lowest BCUT2D eigenvalue weighted by molar-refractivity contribution is 0.0786. The number of hydrogen-bond acceptors (Lipinski definition) is 5. The van der Waals surface area contributed by atoms with Gasteiger partial charge in [-0.05, 0) is 33.6 Å². The molecule has 27 heavy (non-hydrogen) atoms. The molecule has 8 heteroatoms. The largest absolute Gasteiger partial charge is 0.337 e. The number of nitrogens with one attached hydrogen (secondary N) is 1. The normalized spacial score (nSPS) is 14.6. The molecule has 7 nitrogen and oxygen atoms in total. The number of hydrogen-bond donors (Lipinski definition) is 1. The van der Waals surface area contributed by atoms with Crippen LogP contribution in [0.1, 0.15) is 52.9 Å². The Balaban J connectivity index is 1.55. The number of aromatic nitrogens is 4. The average Bonchev–Trinajstić information content (AvgIpc) is 3.42. The predicted molar refractivity (Wildman–Crippen MR) is 106 cm³/mol. The van der Waals surface area contributed by atoms with E-state index in [4.69, 9.17) is 0 Å². The Labute approximate surface area is 163 Å². The molecule has 1 fully saturated rings. The van der Waals surface area contributed by atoms with Gasteiger partial charge in [0.1, 0.15) is 0 Å². The van der Waals surface area contributed by atoms with E-state index < -0.39 is 0 Å². The highest BCUT2D eigenvalue weighted by molar-refractivity contribution is 7.15. The molecule has 1 amide bonds. The number of imidazole rings is 1. The maximum absolute atomic E-state index is 12.9. The fraction of sp³-hybridized carbons (Fsp3) is 0.526. The highest BCUT2D eigenvalue weighted by Gasteiger charge is 2.26. The van der Waals surface area contributed by atoms with E-state index in [1.165, 1.54) is 11.3 Å². The maximum Gasteiger partial charge on any atom is 0.274 e. The zero-order chi connectivity index (χ0) is 19.0. The summed E-state index contributed by atoms with van der Waals surface area (Å²) in [6.45, 7) is 10.1. The first-order valence-corrected chi connectivity index (χ1v) is 10.5. The summed E-state index contributed by atoms with van der Waals surface area (Å²) in [5.41, 5.74) is 5.03. The van der Waals surface area contributed by atoms with Crippen molar-refractivity contribution < 1.29 is 4.79 Å². The molecule has 0 spiro atoms. The van der Waals surface area contributed by atoms with Crippen molar-refractivity contribution >= 4 is 22.2 Å². The standard InChI is InChI=1S/C19H26N6OS/c1-4-25-14(3)15(13(2)22-25)11-20-12-16-17(18(26)23-7-5-6-8-23)21-19-24(16)9-10-27-19/h9-10,20H,4-8,11-12H2,1-3H3. The Kier molecular flexibility index (Phi) is 5.01. The minimum atomic E-state index is 0.0614. The Morgan fingerprint density at radius 3 is 2.74 bits per heavy atom. The predicted octanol–water partition coefficient (Wildman–Crippen LogP) is 2.75. The lowest BCUT2D eigenvalue weighted by atomic mass is 10.2. The van der Waals surface area contributed by atoms with Gasteiger partial charge < -0.3 is 10.2 Å². The zero-order valence-electron chi connectivity index (χ0n) is 16.2. The number of carbonyl (C=O) groups is 1. The second-order valence-corrected chi connectivity index (χ2v) is 7.90. The lowest BCUT2D eigenvalue weighted by Gasteiger charge is -2.15. The van der Waals surface area contributed by atoms with E-state index in [2.05, 4.69) is 36.2 Å². The molecule has 3 aromatic heterocycles. The van der Waals surface area contributed by atoms with Crippen molar-refractivity contribution in [2.75, 3.05) is 13.1 Å². The molecule has 144 valence electrons. The van der Waals surface area contributed by atoms with Gasteiger partial charge in [0.2, 0.25) is 0 Å². The number of amides is 1. The number of carbonyl (C=O) groups excluding carboxylic acids is 1. The summed E-state index contributed by atoms with van der Waals surface area (Å²) in [6.07, 6.45) is 4.17. The van der Waals surface area contributed by atoms with Crippen molar-refractivity contribution in [2.24, 2.45) is 0 Å². The second-order valence-electron chi connectivity index (χ2n) is 7.03. The molecule has 4 heterocycles. The number of nitrogens with zero attached hydrogens (tertiary/aromatic N) is 5. The summed E-state index contributed by atoms with van der Waals surface area (Å²) in [6, 6.07) is 0. The molecule has 0 unspecified atom stereocenters. The Bertz CT molecular complexity index is 963. The minimum Gasteiger partial charge on any atom is -0.337 e. The fourth-order valence-corrected chi connectivity index (χ4v) is 4.58. The summed E-state index contributed by atoms with van der Waals surface area (Å²) in [7, 11) is 0. The van der Waals surface area contributed by atoms with Crippen LogP contribution in [0.4, 0.5) is 0 Å². The summed E-state index contributed by atoms with van der Waals surface area (Å²) < 4.78 is 4.07. The Morgan fingerprint density at radius 2 is 2.04 bits per heavy atom. The topological polar surface area (TPSA) is 67.5 Å². The van der Waals surface area contributed by atoms with Crippen molar-refractivity contribution in [1.82, 2.24) is 29.4 Å². The van der Waals surface area contributed by atoms with Gasteiger partial charge in [0.05, 0.1) is 11.4 Å². The van der Waals surface area contributed by atoms with Crippen LogP contribution in [0.15, 0.2) is 11.6 Å². The number of fused-ring (bicyclic) bond motifs is 1. The number of aryl methyl sites for hydroxylation is 2. The van der Waals surface area contributed by atoms with Gasteiger partial charge in [-0.2, -0.15) is 5.10 Å². The first-order chi connectivity index (χ1) is 13.1. The molecule has 0 aliphatic carbocycles. The van der Waals surface area contributed by atoms with Crippen LogP contribution in [-0.2, 0) is 19.6 Å². The van der Waals surface area contributed by atoms with E-state index in [0.717, 1.165) is 55.4 Å². The molecule has 4 rings (SSSR count). The molecule has 1 aliphatic rings. The van der Waals surface area contributed by atoms with E-state index in [1.54, 1.807) is 11.3 Å². The van der Waals surface area contributed by atoms with Crippen molar-refractivity contribution in [3.05, 3.63) is 39.9 Å². The van der Waals surface area contributed by atoms with E-state index in [0.29, 0.717) is 12.2 Å². The Morgan fingerprint density at radius 1 is 1.26 bits per heavy atom. The van der Waals surface area contributed by atoms with Gasteiger partial charge in [-0.3, -0.25) is 13.9 Å². The van der Waals surface area contributed by atoms with Crippen LogP contribution in [0.5, 0.6) is 0 Å². The summed E-state index contributed by atoms with van der Waals surface area (Å²) >= 11 is 1.56. The van der Waals surface area contributed by atoms with Crippen LogP contribution in [0.3, 0.4) is 0 Å². The van der Waals surface area contributed by atoms with Crippen molar-refractivity contribution in [3.63, 3.8) is 0 Å². The van der Waals surface area contributed by atoms with Crippen LogP contribution in [0.25, 0.3) is 4.96 Å². The number of thiazole rings is 1. The molecule has 3 aromatic rings. The molecule has 0 radical (unpaired) electrons. The summed E-state index contributed by atoms with van der Waals surface area (Å²) in [5, 5.41) is 10.1. The van der Waals surface area contributed by atoms with Gasteiger partial charge in [0.25, 0.3) is 5.91 Å². The Hall–Kier alpha value is -2.19. The van der Waals surface area contributed by atoms with Crippen molar-refractivity contribution in [1.29, 1.82) is 0 Å². The number of likely N-dealkylation sites (tertiary alicyclic amines) is 1. The van der Waals surface area contributed by atoms with Gasteiger partial charge in [0, 0.05) is 55.6 Å². The van der Waals surface area contributed by atoms with Gasteiger partial charge >= 0.3 is 0 Å². The summed E-state index contributed by atoms with van der Waals surface area (Å²) in [4.78, 5) is 20.4. The van der Waals surface area contributed by atoms with E-state index in [-0.39, 0.29) is 5.91 Å². The van der Waals surface area contributed by atoms with Gasteiger partial charge in [-0.25, -0.2) is 4.98 Å². The van der Waals surface area contributed by atoms with Gasteiger partial charge in [0.15, 0.2) is 10.7 Å². The molecule has 1 aliphatic heterocycles. The molecule has 1 saturated heterocycles. The lowest BCUT2D eigenvalue weighted by Crippen LogP contribution is -2.29. The van der Waals surface area contributed by atoms with E-state index >= 15 is 0 Å². The molecule has 1 N–H and O–H groups in total. The molecule has 0 aromatic carbocycles. The fourth-order valence-electron chi connectivity index (χ4n) is 3.85. The van der Waals surface area contributed by atoms with Gasteiger partial charge in [-0.15, -0.1) is 11.3 Å². The molecule has 0 atom stereocenters. The second kappa shape index (κ2) is 7.44. The van der Waals surface area contributed by atoms with Crippen LogP contribution in [-0.4, -0.2) is 43.1 Å². The smallest absolute Gasteiger partial charge is 0.274 e.